The number of anilines is 1. The smallest absolute Gasteiger partial charge is 0.162 e. The molecule has 1 aliphatic rings. The summed E-state index contributed by atoms with van der Waals surface area (Å²) >= 11 is 3.55. The highest BCUT2D eigenvalue weighted by molar-refractivity contribution is 9.10. The molecule has 0 saturated carbocycles. The van der Waals surface area contributed by atoms with E-state index >= 15 is 0 Å². The van der Waals surface area contributed by atoms with Crippen LogP contribution in [-0.4, -0.2) is 47.6 Å². The number of para-hydroxylation sites is 1. The first-order valence-corrected chi connectivity index (χ1v) is 9.54. The number of fused-ring (bicyclic) bond motifs is 1. The molecule has 1 saturated heterocycles. The molecule has 0 aliphatic carbocycles. The Kier molecular flexibility index (Phi) is 4.68. The van der Waals surface area contributed by atoms with Crippen LogP contribution in [-0.2, 0) is 0 Å². The molecule has 5 heteroatoms. The van der Waals surface area contributed by atoms with Crippen molar-refractivity contribution in [3.05, 3.63) is 53.0 Å². The molecule has 2 aromatic carbocycles. The first kappa shape index (κ1) is 16.5. The van der Waals surface area contributed by atoms with E-state index in [1.54, 1.807) is 0 Å². The van der Waals surface area contributed by atoms with Gasteiger partial charge in [-0.15, -0.1) is 0 Å². The second-order valence-corrected chi connectivity index (χ2v) is 7.24. The molecule has 0 bridgehead atoms. The lowest BCUT2D eigenvalue weighted by Crippen LogP contribution is -2.46. The van der Waals surface area contributed by atoms with Crippen LogP contribution in [0.5, 0.6) is 0 Å². The van der Waals surface area contributed by atoms with Crippen molar-refractivity contribution in [2.24, 2.45) is 0 Å². The van der Waals surface area contributed by atoms with Gasteiger partial charge in [-0.1, -0.05) is 47.1 Å². The first-order chi connectivity index (χ1) is 12.2. The number of halogens is 1. The van der Waals surface area contributed by atoms with Gasteiger partial charge < -0.3 is 9.80 Å². The molecule has 128 valence electrons. The summed E-state index contributed by atoms with van der Waals surface area (Å²) in [5.74, 6) is 1.84. The largest absolute Gasteiger partial charge is 0.353 e. The van der Waals surface area contributed by atoms with Gasteiger partial charge in [0.2, 0.25) is 0 Å². The maximum absolute atomic E-state index is 4.96. The predicted octanol–water partition coefficient (Wildman–Crippen LogP) is 4.20. The minimum absolute atomic E-state index is 0.785. The van der Waals surface area contributed by atoms with Crippen molar-refractivity contribution >= 4 is 32.7 Å². The van der Waals surface area contributed by atoms with Crippen molar-refractivity contribution in [3.8, 4) is 11.4 Å². The van der Waals surface area contributed by atoms with Gasteiger partial charge in [0, 0.05) is 41.6 Å². The Hall–Kier alpha value is -1.98. The number of likely N-dealkylation sites (N-methyl/N-ethyl adjacent to an activating group) is 1. The molecule has 0 unspecified atom stereocenters. The molecule has 0 amide bonds. The quantitative estimate of drug-likeness (QED) is 0.663. The molecule has 4 nitrogen and oxygen atoms in total. The van der Waals surface area contributed by atoms with Crippen molar-refractivity contribution in [2.45, 2.75) is 6.92 Å². The second-order valence-electron chi connectivity index (χ2n) is 6.32. The Morgan fingerprint density at radius 2 is 1.76 bits per heavy atom. The Balaban J connectivity index is 1.79. The highest BCUT2D eigenvalue weighted by Gasteiger charge is 2.20. The molecule has 4 rings (SSSR count). The van der Waals surface area contributed by atoms with Crippen LogP contribution < -0.4 is 4.90 Å². The normalized spacial score (nSPS) is 15.7. The molecule has 2 heterocycles. The van der Waals surface area contributed by atoms with Crippen LogP contribution in [0.1, 0.15) is 6.92 Å². The fourth-order valence-electron chi connectivity index (χ4n) is 3.33. The van der Waals surface area contributed by atoms with E-state index in [0.717, 1.165) is 65.3 Å². The van der Waals surface area contributed by atoms with Crippen LogP contribution in [0.2, 0.25) is 0 Å². The second kappa shape index (κ2) is 7.10. The SMILES string of the molecule is CCN1CCN(c2nc(-c3cccc(Br)c3)nc3ccccc23)CC1. The molecule has 3 aromatic rings. The average molecular weight is 397 g/mol. The number of piperazine rings is 1. The summed E-state index contributed by atoms with van der Waals surface area (Å²) in [5, 5.41) is 1.13. The molecule has 0 atom stereocenters. The van der Waals surface area contributed by atoms with Crippen LogP contribution in [0.4, 0.5) is 5.82 Å². The van der Waals surface area contributed by atoms with E-state index in [1.165, 1.54) is 0 Å². The topological polar surface area (TPSA) is 32.3 Å². The van der Waals surface area contributed by atoms with E-state index in [9.17, 15) is 0 Å². The third-order valence-electron chi connectivity index (χ3n) is 4.78. The van der Waals surface area contributed by atoms with Gasteiger partial charge in [-0.05, 0) is 30.8 Å². The van der Waals surface area contributed by atoms with Gasteiger partial charge >= 0.3 is 0 Å². The summed E-state index contributed by atoms with van der Waals surface area (Å²) in [6.45, 7) is 7.52. The molecule has 1 aliphatic heterocycles. The number of rotatable bonds is 3. The van der Waals surface area contributed by atoms with Gasteiger partial charge in [-0.3, -0.25) is 0 Å². The van der Waals surface area contributed by atoms with Crippen molar-refractivity contribution in [3.63, 3.8) is 0 Å². The lowest BCUT2D eigenvalue weighted by atomic mass is 10.1. The zero-order chi connectivity index (χ0) is 17.2. The van der Waals surface area contributed by atoms with Crippen molar-refractivity contribution in [1.29, 1.82) is 0 Å². The summed E-state index contributed by atoms with van der Waals surface area (Å²) < 4.78 is 1.04. The van der Waals surface area contributed by atoms with Gasteiger partial charge in [0.25, 0.3) is 0 Å². The summed E-state index contributed by atoms with van der Waals surface area (Å²) in [7, 11) is 0. The number of aromatic nitrogens is 2. The van der Waals surface area contributed by atoms with Crippen LogP contribution in [0.15, 0.2) is 53.0 Å². The molecule has 25 heavy (non-hydrogen) atoms. The van der Waals surface area contributed by atoms with Crippen LogP contribution in [0.3, 0.4) is 0 Å². The van der Waals surface area contributed by atoms with Gasteiger partial charge in [0.15, 0.2) is 5.82 Å². The van der Waals surface area contributed by atoms with E-state index in [4.69, 9.17) is 9.97 Å². The first-order valence-electron chi connectivity index (χ1n) is 8.74. The molecular formula is C20H21BrN4. The van der Waals surface area contributed by atoms with Crippen molar-refractivity contribution < 1.29 is 0 Å². The fourth-order valence-corrected chi connectivity index (χ4v) is 3.73. The van der Waals surface area contributed by atoms with E-state index in [-0.39, 0.29) is 0 Å². The van der Waals surface area contributed by atoms with E-state index in [0.29, 0.717) is 0 Å². The molecule has 1 aromatic heterocycles. The zero-order valence-corrected chi connectivity index (χ0v) is 15.9. The fraction of sp³-hybridized carbons (Fsp3) is 0.300. The minimum Gasteiger partial charge on any atom is -0.353 e. The lowest BCUT2D eigenvalue weighted by molar-refractivity contribution is 0.271. The minimum atomic E-state index is 0.785. The highest BCUT2D eigenvalue weighted by atomic mass is 79.9. The Labute approximate surface area is 156 Å². The van der Waals surface area contributed by atoms with Gasteiger partial charge in [-0.25, -0.2) is 9.97 Å². The van der Waals surface area contributed by atoms with E-state index in [1.807, 2.05) is 18.2 Å². The van der Waals surface area contributed by atoms with Gasteiger partial charge in [0.1, 0.15) is 5.82 Å². The Bertz CT molecular complexity index is 888. The summed E-state index contributed by atoms with van der Waals surface area (Å²) in [6.07, 6.45) is 0. The number of benzene rings is 2. The standard InChI is InChI=1S/C20H21BrN4/c1-2-24-10-12-25(13-11-24)20-17-8-3-4-9-18(17)22-19(23-20)15-6-5-7-16(21)14-15/h3-9,14H,2,10-13H2,1H3. The van der Waals surface area contributed by atoms with Crippen LogP contribution in [0.25, 0.3) is 22.3 Å². The van der Waals surface area contributed by atoms with Gasteiger partial charge in [-0.2, -0.15) is 0 Å². The summed E-state index contributed by atoms with van der Waals surface area (Å²) in [5.41, 5.74) is 2.04. The van der Waals surface area contributed by atoms with Crippen molar-refractivity contribution in [2.75, 3.05) is 37.6 Å². The number of nitrogens with zero attached hydrogens (tertiary/aromatic N) is 4. The zero-order valence-electron chi connectivity index (χ0n) is 14.3. The Morgan fingerprint density at radius 3 is 2.52 bits per heavy atom. The molecule has 1 fully saturated rings. The predicted molar refractivity (Wildman–Crippen MR) is 107 cm³/mol. The third-order valence-corrected chi connectivity index (χ3v) is 5.28. The molecule has 0 spiro atoms. The maximum Gasteiger partial charge on any atom is 0.162 e. The van der Waals surface area contributed by atoms with Crippen LogP contribution in [0, 0.1) is 0 Å². The average Bonchev–Trinajstić information content (AvgIpc) is 2.67. The van der Waals surface area contributed by atoms with E-state index < -0.39 is 0 Å². The summed E-state index contributed by atoms with van der Waals surface area (Å²) in [4.78, 5) is 14.6. The lowest BCUT2D eigenvalue weighted by Gasteiger charge is -2.35. The maximum atomic E-state index is 4.96. The van der Waals surface area contributed by atoms with Crippen LogP contribution >= 0.6 is 15.9 Å². The summed E-state index contributed by atoms with van der Waals surface area (Å²) in [6, 6.07) is 16.5. The third kappa shape index (κ3) is 3.39. The van der Waals surface area contributed by atoms with Gasteiger partial charge in [0.05, 0.1) is 5.52 Å². The molecule has 0 radical (unpaired) electrons. The number of hydrogen-bond donors (Lipinski definition) is 0. The van der Waals surface area contributed by atoms with E-state index in [2.05, 4.69) is 63.0 Å². The molecular weight excluding hydrogens is 376 g/mol. The highest BCUT2D eigenvalue weighted by Crippen LogP contribution is 2.29. The number of hydrogen-bond acceptors (Lipinski definition) is 4. The van der Waals surface area contributed by atoms with Crippen molar-refractivity contribution in [1.82, 2.24) is 14.9 Å². The monoisotopic (exact) mass is 396 g/mol. The Morgan fingerprint density at radius 1 is 0.960 bits per heavy atom. The molecule has 0 N–H and O–H groups in total.